The van der Waals surface area contributed by atoms with Crippen LogP contribution in [-0.4, -0.2) is 96.7 Å². The monoisotopic (exact) mass is 1440 g/mol. The average Bonchev–Trinajstić information content (AvgIpc) is 0.985. The maximum absolute atomic E-state index is 13.1. The van der Waals surface area contributed by atoms with Gasteiger partial charge in [0.05, 0.1) is 26.4 Å². The van der Waals surface area contributed by atoms with Gasteiger partial charge in [-0.05, 0) is 128 Å². The van der Waals surface area contributed by atoms with Crippen LogP contribution in [0, 0.1) is 0 Å². The summed E-state index contributed by atoms with van der Waals surface area (Å²) >= 11 is 0. The lowest BCUT2D eigenvalue weighted by atomic mass is 10.1. The van der Waals surface area contributed by atoms with Crippen molar-refractivity contribution in [1.29, 1.82) is 0 Å². The van der Waals surface area contributed by atoms with Crippen molar-refractivity contribution in [2.24, 2.45) is 0 Å². The maximum Gasteiger partial charge on any atom is 0.472 e. The zero-order chi connectivity index (χ0) is 73.2. The van der Waals surface area contributed by atoms with Gasteiger partial charge in [-0.25, -0.2) is 9.13 Å². The van der Waals surface area contributed by atoms with Crippen LogP contribution in [0.4, 0.5) is 0 Å². The molecule has 0 aliphatic carbocycles. The smallest absolute Gasteiger partial charge is 0.462 e. The van der Waals surface area contributed by atoms with E-state index in [1.807, 2.05) is 18.2 Å². The molecule has 0 aromatic heterocycles. The number of phosphoric acid groups is 2. The molecule has 0 fully saturated rings. The molecule has 0 rings (SSSR count). The van der Waals surface area contributed by atoms with E-state index in [1.54, 1.807) is 0 Å². The lowest BCUT2D eigenvalue weighted by Crippen LogP contribution is -2.30. The third kappa shape index (κ3) is 71.6. The highest BCUT2D eigenvalue weighted by molar-refractivity contribution is 7.47. The van der Waals surface area contributed by atoms with Crippen LogP contribution in [0.5, 0.6) is 0 Å². The van der Waals surface area contributed by atoms with E-state index < -0.39 is 97.5 Å². The summed E-state index contributed by atoms with van der Waals surface area (Å²) in [5.74, 6) is -2.33. The molecule has 0 amide bonds. The van der Waals surface area contributed by atoms with Crippen molar-refractivity contribution < 1.29 is 80.2 Å². The Balaban J connectivity index is 5.43. The Morgan fingerprint density at radius 3 is 0.890 bits per heavy atom. The second kappa shape index (κ2) is 72.5. The average molecular weight is 1440 g/mol. The fourth-order valence-corrected chi connectivity index (χ4v) is 11.4. The first-order chi connectivity index (χ1) is 48.7. The quantitative estimate of drug-likeness (QED) is 0.0169. The highest BCUT2D eigenvalue weighted by atomic mass is 31.2. The van der Waals surface area contributed by atoms with E-state index in [-0.39, 0.29) is 25.7 Å². The van der Waals surface area contributed by atoms with E-state index in [9.17, 15) is 43.2 Å². The summed E-state index contributed by atoms with van der Waals surface area (Å²) in [5.41, 5.74) is 0. The molecule has 17 nitrogen and oxygen atoms in total. The van der Waals surface area contributed by atoms with Gasteiger partial charge in [-0.2, -0.15) is 0 Å². The fraction of sp³-hybridized carbons (Fsp3) is 0.679. The van der Waals surface area contributed by atoms with Gasteiger partial charge in [0.1, 0.15) is 19.3 Å². The normalized spacial score (nSPS) is 14.7. The maximum atomic E-state index is 13.1. The van der Waals surface area contributed by atoms with Crippen LogP contribution >= 0.6 is 15.6 Å². The highest BCUT2D eigenvalue weighted by Gasteiger charge is 2.30. The minimum absolute atomic E-state index is 0.0317. The Morgan fingerprint density at radius 2 is 0.540 bits per heavy atom. The number of aliphatic hydroxyl groups is 1. The fourth-order valence-electron chi connectivity index (χ4n) is 9.82. The van der Waals surface area contributed by atoms with E-state index in [0.29, 0.717) is 32.1 Å². The second-order valence-electron chi connectivity index (χ2n) is 25.2. The summed E-state index contributed by atoms with van der Waals surface area (Å²) in [7, 11) is -9.98. The number of hydrogen-bond donors (Lipinski definition) is 3. The van der Waals surface area contributed by atoms with Gasteiger partial charge in [-0.15, -0.1) is 0 Å². The van der Waals surface area contributed by atoms with Crippen LogP contribution in [0.3, 0.4) is 0 Å². The number of carbonyl (C=O) groups excluding carboxylic acids is 4. The third-order valence-electron chi connectivity index (χ3n) is 15.6. The van der Waals surface area contributed by atoms with Crippen molar-refractivity contribution in [2.75, 3.05) is 39.6 Å². The van der Waals surface area contributed by atoms with Crippen molar-refractivity contribution >= 4 is 39.5 Å². The van der Waals surface area contributed by atoms with Crippen molar-refractivity contribution in [2.45, 2.75) is 316 Å². The van der Waals surface area contributed by atoms with Crippen molar-refractivity contribution in [1.82, 2.24) is 0 Å². The summed E-state index contributed by atoms with van der Waals surface area (Å²) in [6.07, 6.45) is 80.4. The van der Waals surface area contributed by atoms with E-state index in [1.165, 1.54) is 77.0 Å². The minimum Gasteiger partial charge on any atom is -0.462 e. The van der Waals surface area contributed by atoms with Gasteiger partial charge in [0, 0.05) is 25.7 Å². The molecule has 0 aromatic carbocycles. The first kappa shape index (κ1) is 95.2. The zero-order valence-corrected chi connectivity index (χ0v) is 64.1. The molecule has 0 saturated carbocycles. The Labute approximate surface area is 605 Å². The zero-order valence-electron chi connectivity index (χ0n) is 62.3. The lowest BCUT2D eigenvalue weighted by molar-refractivity contribution is -0.161. The number of allylic oxidation sites excluding steroid dienone is 22. The molecule has 5 unspecified atom stereocenters. The minimum atomic E-state index is -5.00. The van der Waals surface area contributed by atoms with E-state index in [4.69, 9.17) is 37.0 Å². The van der Waals surface area contributed by atoms with Gasteiger partial charge in [-0.1, -0.05) is 277 Å². The van der Waals surface area contributed by atoms with Gasteiger partial charge in [0.25, 0.3) is 0 Å². The van der Waals surface area contributed by atoms with Gasteiger partial charge >= 0.3 is 39.5 Å². The molecular formula is C81H136O17P2. The summed E-state index contributed by atoms with van der Waals surface area (Å²) < 4.78 is 68.3. The number of aliphatic hydroxyl groups excluding tert-OH is 1. The lowest BCUT2D eigenvalue weighted by Gasteiger charge is -2.21. The first-order valence-electron chi connectivity index (χ1n) is 38.4. The topological polar surface area (TPSA) is 237 Å². The van der Waals surface area contributed by atoms with Crippen LogP contribution in [-0.2, 0) is 65.4 Å². The molecule has 3 N–H and O–H groups in total. The van der Waals surface area contributed by atoms with Crippen molar-refractivity contribution in [3.63, 3.8) is 0 Å². The third-order valence-corrected chi connectivity index (χ3v) is 17.5. The highest BCUT2D eigenvalue weighted by Crippen LogP contribution is 2.45. The molecule has 100 heavy (non-hydrogen) atoms. The number of esters is 4. The molecule has 0 heterocycles. The predicted octanol–water partition coefficient (Wildman–Crippen LogP) is 22.1. The van der Waals surface area contributed by atoms with Gasteiger partial charge in [0.15, 0.2) is 12.2 Å². The Kier molecular flexibility index (Phi) is 69.1. The van der Waals surface area contributed by atoms with E-state index in [2.05, 4.69) is 143 Å². The van der Waals surface area contributed by atoms with Crippen molar-refractivity contribution in [3.05, 3.63) is 134 Å². The molecule has 0 spiro atoms. The Morgan fingerprint density at radius 1 is 0.290 bits per heavy atom. The molecule has 0 aliphatic heterocycles. The Bertz CT molecular complexity index is 2420. The molecule has 0 radical (unpaired) electrons. The molecule has 0 bridgehead atoms. The number of carbonyl (C=O) groups is 4. The number of unbranched alkanes of at least 4 members (excludes halogenated alkanes) is 23. The van der Waals surface area contributed by atoms with Gasteiger partial charge in [0.2, 0.25) is 0 Å². The number of phosphoric ester groups is 2. The number of ether oxygens (including phenoxy) is 4. The molecular weight excluding hydrogens is 1310 g/mol. The molecule has 5 atom stereocenters. The van der Waals surface area contributed by atoms with Crippen LogP contribution < -0.4 is 0 Å². The van der Waals surface area contributed by atoms with Crippen LogP contribution in [0.25, 0.3) is 0 Å². The second-order valence-corrected chi connectivity index (χ2v) is 28.1. The molecule has 0 aromatic rings. The predicted molar refractivity (Wildman–Crippen MR) is 408 cm³/mol. The number of hydrogen-bond acceptors (Lipinski definition) is 15. The molecule has 572 valence electrons. The van der Waals surface area contributed by atoms with E-state index in [0.717, 1.165) is 135 Å². The SMILES string of the molecule is CC/C=C\C/C=C\C/C=C\C/C=C\C/C=C\C/C=C\CCC(=O)OCC(COP(=O)(O)OCC(O)COP(=O)(O)OCC(COC(=O)CCCC/C=C\C/C=C\C/C=C\C/C=C\CC)OC(=O)CCCCCCCCCCCCC)OC(=O)CCCCCCC/C=C\CCCCCCCC. The summed E-state index contributed by atoms with van der Waals surface area (Å²) in [6.45, 7) is 4.49. The van der Waals surface area contributed by atoms with Crippen molar-refractivity contribution in [3.8, 4) is 0 Å². The largest absolute Gasteiger partial charge is 0.472 e. The standard InChI is InChI=1S/C81H136O17P2/c1-5-9-13-17-21-25-29-32-35-36-37-38-41-43-47-50-54-58-62-66-79(84)92-72-77(98-81(86)68-64-60-56-52-48-44-40-34-31-27-23-19-15-11-7-3)74-96-100(89,90)94-70-75(82)69-93-99(87,88)95-73-76(97-80(85)67-63-59-55-51-45-28-24-20-16-12-8-4)71-91-78(83)65-61-57-53-49-46-42-39-33-30-26-22-18-14-10-6-2/h9-10,13-14,21-22,25-26,32-35,37-40,43,46-47,49,54,58,75-77,82H,5-8,11-12,15-20,23-24,27-31,36,41-42,44-45,48,50-53,55-57,59-74H2,1-4H3,(H,87,88)(H,89,90)/b13-9-,14-10-,25-21-,26-22-,35-32-,38-37-,39-33-,40-34-,47-43-,49-46-,58-54-. The molecule has 19 heteroatoms. The van der Waals surface area contributed by atoms with Gasteiger partial charge in [-0.3, -0.25) is 37.3 Å². The Hall–Kier alpha value is -4.80. The van der Waals surface area contributed by atoms with E-state index >= 15 is 0 Å². The summed E-state index contributed by atoms with van der Waals surface area (Å²) in [5, 5.41) is 10.6. The first-order valence-corrected chi connectivity index (χ1v) is 41.4. The summed E-state index contributed by atoms with van der Waals surface area (Å²) in [6, 6.07) is 0. The van der Waals surface area contributed by atoms with Crippen LogP contribution in [0.15, 0.2) is 134 Å². The molecule has 0 saturated heterocycles. The summed E-state index contributed by atoms with van der Waals surface area (Å²) in [4.78, 5) is 72.8. The van der Waals surface area contributed by atoms with Gasteiger partial charge < -0.3 is 33.8 Å². The number of rotatable bonds is 71. The molecule has 0 aliphatic rings. The van der Waals surface area contributed by atoms with Crippen LogP contribution in [0.2, 0.25) is 0 Å². The van der Waals surface area contributed by atoms with Crippen LogP contribution in [0.1, 0.15) is 297 Å².